The zero-order chi connectivity index (χ0) is 22.3. The minimum atomic E-state index is -3.63. The predicted molar refractivity (Wildman–Crippen MR) is 120 cm³/mol. The van der Waals surface area contributed by atoms with Gasteiger partial charge in [-0.3, -0.25) is 13.9 Å². The number of amides is 1. The van der Waals surface area contributed by atoms with Crippen LogP contribution in [0.5, 0.6) is 0 Å². The van der Waals surface area contributed by atoms with Crippen molar-refractivity contribution < 1.29 is 13.2 Å². The third kappa shape index (κ3) is 3.79. The molecule has 164 valence electrons. The van der Waals surface area contributed by atoms with E-state index >= 15 is 0 Å². The first-order valence-electron chi connectivity index (χ1n) is 10.3. The molecule has 0 unspecified atom stereocenters. The largest absolute Gasteiger partial charge is 0.328 e. The SMILES string of the molecule is Cc1ccc(S(=O)(=O)N2CCCCC2)cc1C(=O)Nc1ccc2c(c1)n(C)c(=O)n2C. The van der Waals surface area contributed by atoms with Gasteiger partial charge in [0.15, 0.2) is 0 Å². The summed E-state index contributed by atoms with van der Waals surface area (Å²) < 4.78 is 30.6. The monoisotopic (exact) mass is 442 g/mol. The lowest BCUT2D eigenvalue weighted by Crippen LogP contribution is -2.35. The van der Waals surface area contributed by atoms with Crippen LogP contribution in [0.25, 0.3) is 11.0 Å². The second-order valence-corrected chi connectivity index (χ2v) is 9.94. The molecule has 0 atom stereocenters. The van der Waals surface area contributed by atoms with E-state index in [2.05, 4.69) is 5.32 Å². The first kappa shape index (κ1) is 21.3. The molecular weight excluding hydrogens is 416 g/mol. The summed E-state index contributed by atoms with van der Waals surface area (Å²) in [6.07, 6.45) is 2.73. The van der Waals surface area contributed by atoms with Gasteiger partial charge < -0.3 is 5.32 Å². The van der Waals surface area contributed by atoms with Gasteiger partial charge >= 0.3 is 5.69 Å². The topological polar surface area (TPSA) is 93.4 Å². The molecule has 9 heteroatoms. The number of hydrogen-bond acceptors (Lipinski definition) is 4. The Bertz CT molecular complexity index is 1330. The minimum Gasteiger partial charge on any atom is -0.322 e. The summed E-state index contributed by atoms with van der Waals surface area (Å²) in [6, 6.07) is 9.90. The molecule has 1 aromatic heterocycles. The second kappa shape index (κ2) is 7.97. The van der Waals surface area contributed by atoms with E-state index in [0.717, 1.165) is 24.8 Å². The number of carbonyl (C=O) groups excluding carboxylic acids is 1. The van der Waals surface area contributed by atoms with E-state index in [4.69, 9.17) is 0 Å². The van der Waals surface area contributed by atoms with Crippen molar-refractivity contribution in [2.24, 2.45) is 14.1 Å². The van der Waals surface area contributed by atoms with Crippen molar-refractivity contribution in [2.75, 3.05) is 18.4 Å². The van der Waals surface area contributed by atoms with Crippen LogP contribution in [0, 0.1) is 6.92 Å². The Kier molecular flexibility index (Phi) is 5.49. The highest BCUT2D eigenvalue weighted by atomic mass is 32.2. The summed E-state index contributed by atoms with van der Waals surface area (Å²) in [4.78, 5) is 25.2. The lowest BCUT2D eigenvalue weighted by molar-refractivity contribution is 0.102. The van der Waals surface area contributed by atoms with Crippen molar-refractivity contribution in [1.82, 2.24) is 13.4 Å². The summed E-state index contributed by atoms with van der Waals surface area (Å²) in [5.74, 6) is -0.395. The van der Waals surface area contributed by atoms with Crippen LogP contribution in [0.2, 0.25) is 0 Å². The van der Waals surface area contributed by atoms with Gasteiger partial charge in [0.2, 0.25) is 10.0 Å². The average Bonchev–Trinajstić information content (AvgIpc) is 2.98. The fraction of sp³-hybridized carbons (Fsp3) is 0.364. The number of imidazole rings is 1. The molecular formula is C22H26N4O4S. The zero-order valence-electron chi connectivity index (χ0n) is 17.9. The molecule has 31 heavy (non-hydrogen) atoms. The van der Waals surface area contributed by atoms with Crippen molar-refractivity contribution in [3.63, 3.8) is 0 Å². The Balaban J connectivity index is 1.64. The van der Waals surface area contributed by atoms with Gasteiger partial charge in [-0.2, -0.15) is 4.31 Å². The van der Waals surface area contributed by atoms with Crippen LogP contribution in [0.15, 0.2) is 46.1 Å². The number of benzene rings is 2. The maximum absolute atomic E-state index is 13.0. The molecule has 1 aliphatic rings. The molecule has 4 rings (SSSR count). The van der Waals surface area contributed by atoms with Crippen molar-refractivity contribution >= 4 is 32.7 Å². The minimum absolute atomic E-state index is 0.131. The van der Waals surface area contributed by atoms with Gasteiger partial charge in [0.05, 0.1) is 15.9 Å². The fourth-order valence-corrected chi connectivity index (χ4v) is 5.59. The first-order chi connectivity index (χ1) is 14.7. The van der Waals surface area contributed by atoms with E-state index in [0.29, 0.717) is 35.4 Å². The van der Waals surface area contributed by atoms with Gasteiger partial charge in [-0.05, 0) is 55.7 Å². The smallest absolute Gasteiger partial charge is 0.322 e. The van der Waals surface area contributed by atoms with Gasteiger partial charge in [-0.25, -0.2) is 13.2 Å². The molecule has 0 aliphatic carbocycles. The Hall–Kier alpha value is -2.91. The summed E-state index contributed by atoms with van der Waals surface area (Å²) in [7, 11) is -0.261. The van der Waals surface area contributed by atoms with Crippen LogP contribution in [0.4, 0.5) is 5.69 Å². The van der Waals surface area contributed by atoms with Crippen LogP contribution in [-0.2, 0) is 24.1 Å². The Morgan fingerprint density at radius 3 is 2.32 bits per heavy atom. The van der Waals surface area contributed by atoms with Crippen molar-refractivity contribution in [1.29, 1.82) is 0 Å². The number of rotatable bonds is 4. The molecule has 1 saturated heterocycles. The van der Waals surface area contributed by atoms with Gasteiger partial charge in [-0.1, -0.05) is 12.5 Å². The fourth-order valence-electron chi connectivity index (χ4n) is 4.04. The molecule has 8 nitrogen and oxygen atoms in total. The van der Waals surface area contributed by atoms with Crippen molar-refractivity contribution in [3.05, 3.63) is 58.0 Å². The molecule has 1 fully saturated rings. The van der Waals surface area contributed by atoms with Crippen LogP contribution < -0.4 is 11.0 Å². The number of sulfonamides is 1. The Labute approximate surface area is 181 Å². The average molecular weight is 443 g/mol. The number of nitrogens with one attached hydrogen (secondary N) is 1. The van der Waals surface area contributed by atoms with E-state index < -0.39 is 15.9 Å². The molecule has 2 aromatic carbocycles. The molecule has 0 radical (unpaired) electrons. The second-order valence-electron chi connectivity index (χ2n) is 8.00. The number of piperidine rings is 1. The van der Waals surface area contributed by atoms with Crippen molar-refractivity contribution in [3.8, 4) is 0 Å². The molecule has 2 heterocycles. The lowest BCUT2D eigenvalue weighted by atomic mass is 10.1. The quantitative estimate of drug-likeness (QED) is 0.672. The molecule has 1 aliphatic heterocycles. The molecule has 3 aromatic rings. The van der Waals surface area contributed by atoms with Crippen LogP contribution in [0.3, 0.4) is 0 Å². The first-order valence-corrected chi connectivity index (χ1v) is 11.7. The number of anilines is 1. The van der Waals surface area contributed by atoms with Crippen LogP contribution >= 0.6 is 0 Å². The molecule has 1 amide bonds. The maximum atomic E-state index is 13.0. The van der Waals surface area contributed by atoms with Crippen LogP contribution in [-0.4, -0.2) is 40.9 Å². The molecule has 0 spiro atoms. The maximum Gasteiger partial charge on any atom is 0.328 e. The van der Waals surface area contributed by atoms with Gasteiger partial charge in [-0.15, -0.1) is 0 Å². The number of fused-ring (bicyclic) bond motifs is 1. The third-order valence-corrected chi connectivity index (χ3v) is 7.83. The third-order valence-electron chi connectivity index (χ3n) is 5.94. The zero-order valence-corrected chi connectivity index (χ0v) is 18.7. The summed E-state index contributed by atoms with van der Waals surface area (Å²) in [6.45, 7) is 2.79. The van der Waals surface area contributed by atoms with Gasteiger partial charge in [0, 0.05) is 38.4 Å². The highest BCUT2D eigenvalue weighted by molar-refractivity contribution is 7.89. The number of carbonyl (C=O) groups is 1. The van der Waals surface area contributed by atoms with Crippen molar-refractivity contribution in [2.45, 2.75) is 31.1 Å². The normalized spacial score (nSPS) is 15.3. The highest BCUT2D eigenvalue weighted by Gasteiger charge is 2.27. The van der Waals surface area contributed by atoms with E-state index in [9.17, 15) is 18.0 Å². The Morgan fingerprint density at radius 2 is 1.61 bits per heavy atom. The number of hydrogen-bond donors (Lipinski definition) is 1. The molecule has 0 saturated carbocycles. The van der Waals surface area contributed by atoms with E-state index in [1.54, 1.807) is 55.9 Å². The molecule has 0 bridgehead atoms. The summed E-state index contributed by atoms with van der Waals surface area (Å²) >= 11 is 0. The summed E-state index contributed by atoms with van der Waals surface area (Å²) in [5.41, 5.74) is 2.83. The van der Waals surface area contributed by atoms with E-state index in [1.807, 2.05) is 0 Å². The van der Waals surface area contributed by atoms with E-state index in [1.165, 1.54) is 14.9 Å². The summed E-state index contributed by atoms with van der Waals surface area (Å²) in [5, 5.41) is 2.83. The van der Waals surface area contributed by atoms with Gasteiger partial charge in [0.1, 0.15) is 0 Å². The number of aryl methyl sites for hydroxylation is 3. The van der Waals surface area contributed by atoms with Gasteiger partial charge in [0.25, 0.3) is 5.91 Å². The Morgan fingerprint density at radius 1 is 0.935 bits per heavy atom. The number of nitrogens with zero attached hydrogens (tertiary/aromatic N) is 3. The standard InChI is InChI=1S/C22H26N4O4S/c1-15-7-9-17(31(29,30)26-11-5-4-6-12-26)14-18(15)21(27)23-16-8-10-19-20(13-16)25(3)22(28)24(19)2/h7-10,13-14H,4-6,11-12H2,1-3H3,(H,23,27). The lowest BCUT2D eigenvalue weighted by Gasteiger charge is -2.26. The highest BCUT2D eigenvalue weighted by Crippen LogP contribution is 2.24. The number of aromatic nitrogens is 2. The van der Waals surface area contributed by atoms with E-state index in [-0.39, 0.29) is 10.6 Å². The predicted octanol–water partition coefficient (Wildman–Crippen LogP) is 2.61. The van der Waals surface area contributed by atoms with Crippen LogP contribution in [0.1, 0.15) is 35.2 Å². The molecule has 1 N–H and O–H groups in total.